The Morgan fingerprint density at radius 3 is 2.94 bits per heavy atom. The van der Waals surface area contributed by atoms with Crippen LogP contribution >= 0.6 is 0 Å². The molecule has 2 N–H and O–H groups in total. The molecule has 0 bridgehead atoms. The minimum absolute atomic E-state index is 0.147. The molecule has 174 valence electrons. The van der Waals surface area contributed by atoms with Gasteiger partial charge < -0.3 is 24.7 Å². The van der Waals surface area contributed by atoms with Gasteiger partial charge in [-0.1, -0.05) is 43.3 Å². The molecule has 33 heavy (non-hydrogen) atoms. The van der Waals surface area contributed by atoms with Crippen LogP contribution < -0.4 is 20.1 Å². The number of ether oxygens (including phenoxy) is 2. The molecule has 1 aromatic heterocycles. The number of aryl methyl sites for hydroxylation is 1. The number of hydrogen-bond donors (Lipinski definition) is 2. The normalized spacial score (nSPS) is 15.5. The molecule has 0 spiro atoms. The Bertz CT molecular complexity index is 1060. The Kier molecular flexibility index (Phi) is 7.79. The van der Waals surface area contributed by atoms with Crippen molar-refractivity contribution in [3.8, 4) is 11.5 Å². The molecule has 0 amide bonds. The first kappa shape index (κ1) is 22.6. The van der Waals surface area contributed by atoms with Gasteiger partial charge in [-0.2, -0.15) is 0 Å². The van der Waals surface area contributed by atoms with Crippen LogP contribution in [0.4, 0.5) is 0 Å². The number of methoxy groups -OCH3 is 1. The first-order valence-electron chi connectivity index (χ1n) is 11.5. The SMILES string of the molecule is CCc1nncn1CCNC(=NCCc1ccccc1OC)NC1CCOc2ccccc21. The zero-order valence-corrected chi connectivity index (χ0v) is 19.3. The van der Waals surface area contributed by atoms with Crippen LogP contribution in [0.3, 0.4) is 0 Å². The summed E-state index contributed by atoms with van der Waals surface area (Å²) in [6.45, 7) is 4.91. The van der Waals surface area contributed by atoms with Gasteiger partial charge in [-0.05, 0) is 24.1 Å². The first-order chi connectivity index (χ1) is 16.3. The van der Waals surface area contributed by atoms with Crippen molar-refractivity contribution in [2.24, 2.45) is 4.99 Å². The van der Waals surface area contributed by atoms with Crippen LogP contribution in [0.25, 0.3) is 0 Å². The lowest BCUT2D eigenvalue weighted by molar-refractivity contribution is 0.261. The zero-order chi connectivity index (χ0) is 22.9. The quantitative estimate of drug-likeness (QED) is 0.386. The number of rotatable bonds is 9. The number of nitrogens with one attached hydrogen (secondary N) is 2. The van der Waals surface area contributed by atoms with E-state index in [1.807, 2.05) is 36.4 Å². The van der Waals surface area contributed by atoms with Crippen LogP contribution in [0.5, 0.6) is 11.5 Å². The fourth-order valence-electron chi connectivity index (χ4n) is 4.04. The molecule has 8 heteroatoms. The van der Waals surface area contributed by atoms with E-state index in [1.54, 1.807) is 13.4 Å². The summed E-state index contributed by atoms with van der Waals surface area (Å²) < 4.78 is 13.4. The molecule has 0 saturated carbocycles. The molecule has 2 aromatic carbocycles. The highest BCUT2D eigenvalue weighted by atomic mass is 16.5. The standard InChI is InChI=1S/C25H32N6O2/c1-3-24-30-28-18-31(24)16-15-27-25(26-14-12-19-8-4-6-10-22(19)32-2)29-21-13-17-33-23-11-7-5-9-20(21)23/h4-11,18,21H,3,12-17H2,1-2H3,(H2,26,27,29). The van der Waals surface area contributed by atoms with Gasteiger partial charge in [-0.25, -0.2) is 0 Å². The molecule has 1 aliphatic heterocycles. The molecule has 4 rings (SSSR count). The minimum atomic E-state index is 0.147. The average Bonchev–Trinajstić information content (AvgIpc) is 3.32. The number of guanidine groups is 1. The number of nitrogens with zero attached hydrogens (tertiary/aromatic N) is 4. The molecular formula is C25H32N6O2. The van der Waals surface area contributed by atoms with Gasteiger partial charge in [0.25, 0.3) is 0 Å². The summed E-state index contributed by atoms with van der Waals surface area (Å²) in [7, 11) is 1.70. The summed E-state index contributed by atoms with van der Waals surface area (Å²) in [5, 5.41) is 15.3. The highest BCUT2D eigenvalue weighted by Crippen LogP contribution is 2.31. The summed E-state index contributed by atoms with van der Waals surface area (Å²) in [4.78, 5) is 4.88. The maximum Gasteiger partial charge on any atom is 0.191 e. The predicted molar refractivity (Wildman–Crippen MR) is 129 cm³/mol. The van der Waals surface area contributed by atoms with Gasteiger partial charge in [0.05, 0.1) is 19.8 Å². The molecule has 0 radical (unpaired) electrons. The van der Waals surface area contributed by atoms with E-state index in [0.29, 0.717) is 13.2 Å². The fourth-order valence-corrected chi connectivity index (χ4v) is 4.04. The smallest absolute Gasteiger partial charge is 0.191 e. The molecule has 1 aliphatic rings. The van der Waals surface area contributed by atoms with Crippen molar-refractivity contribution in [1.29, 1.82) is 0 Å². The van der Waals surface area contributed by atoms with Crippen LogP contribution in [-0.4, -0.2) is 47.5 Å². The van der Waals surface area contributed by atoms with Crippen molar-refractivity contribution in [1.82, 2.24) is 25.4 Å². The van der Waals surface area contributed by atoms with Crippen molar-refractivity contribution < 1.29 is 9.47 Å². The molecule has 2 heterocycles. The second kappa shape index (κ2) is 11.4. The zero-order valence-electron chi connectivity index (χ0n) is 19.3. The second-order valence-electron chi connectivity index (χ2n) is 7.88. The Labute approximate surface area is 195 Å². The fraction of sp³-hybridized carbons (Fsp3) is 0.400. The van der Waals surface area contributed by atoms with E-state index in [4.69, 9.17) is 14.5 Å². The van der Waals surface area contributed by atoms with Crippen LogP contribution in [0.1, 0.15) is 36.3 Å². The van der Waals surface area contributed by atoms with E-state index in [0.717, 1.165) is 66.8 Å². The van der Waals surface area contributed by atoms with Crippen LogP contribution in [0, 0.1) is 0 Å². The number of aromatic nitrogens is 3. The van der Waals surface area contributed by atoms with Crippen molar-refractivity contribution in [3.63, 3.8) is 0 Å². The summed E-state index contributed by atoms with van der Waals surface area (Å²) >= 11 is 0. The van der Waals surface area contributed by atoms with Crippen LogP contribution in [0.2, 0.25) is 0 Å². The van der Waals surface area contributed by atoms with Gasteiger partial charge >= 0.3 is 0 Å². The van der Waals surface area contributed by atoms with E-state index in [-0.39, 0.29) is 6.04 Å². The summed E-state index contributed by atoms with van der Waals surface area (Å²) in [5.74, 6) is 3.61. The lowest BCUT2D eigenvalue weighted by Crippen LogP contribution is -2.42. The molecule has 1 unspecified atom stereocenters. The lowest BCUT2D eigenvalue weighted by Gasteiger charge is -2.28. The molecular weight excluding hydrogens is 416 g/mol. The molecule has 8 nitrogen and oxygen atoms in total. The third-order valence-corrected chi connectivity index (χ3v) is 5.77. The molecule has 1 atom stereocenters. The number of aliphatic imine (C=N–C) groups is 1. The number of hydrogen-bond acceptors (Lipinski definition) is 5. The van der Waals surface area contributed by atoms with E-state index in [2.05, 4.69) is 44.5 Å². The number of fused-ring (bicyclic) bond motifs is 1. The molecule has 0 saturated heterocycles. The Hall–Kier alpha value is -3.55. The Balaban J connectivity index is 1.45. The van der Waals surface area contributed by atoms with Crippen molar-refractivity contribution in [2.45, 2.75) is 38.8 Å². The lowest BCUT2D eigenvalue weighted by atomic mass is 10.0. The van der Waals surface area contributed by atoms with Crippen molar-refractivity contribution >= 4 is 5.96 Å². The van der Waals surface area contributed by atoms with E-state index in [1.165, 1.54) is 0 Å². The van der Waals surface area contributed by atoms with E-state index in [9.17, 15) is 0 Å². The first-order valence-corrected chi connectivity index (χ1v) is 11.5. The number of benzene rings is 2. The molecule has 3 aromatic rings. The molecule has 0 fully saturated rings. The molecule has 0 aliphatic carbocycles. The average molecular weight is 449 g/mol. The van der Waals surface area contributed by atoms with Gasteiger partial charge in [0.2, 0.25) is 0 Å². The Morgan fingerprint density at radius 1 is 1.21 bits per heavy atom. The maximum atomic E-state index is 5.82. The van der Waals surface area contributed by atoms with Gasteiger partial charge in [0, 0.05) is 38.0 Å². The summed E-state index contributed by atoms with van der Waals surface area (Å²) in [6.07, 6.45) is 4.32. The van der Waals surface area contributed by atoms with Gasteiger partial charge in [-0.3, -0.25) is 4.99 Å². The van der Waals surface area contributed by atoms with E-state index >= 15 is 0 Å². The summed E-state index contributed by atoms with van der Waals surface area (Å²) in [6, 6.07) is 16.4. The third kappa shape index (κ3) is 5.83. The van der Waals surface area contributed by atoms with Gasteiger partial charge in [0.1, 0.15) is 23.7 Å². The topological polar surface area (TPSA) is 85.6 Å². The second-order valence-corrected chi connectivity index (χ2v) is 7.88. The monoisotopic (exact) mass is 448 g/mol. The van der Waals surface area contributed by atoms with Crippen molar-refractivity contribution in [3.05, 3.63) is 71.8 Å². The third-order valence-electron chi connectivity index (χ3n) is 5.77. The minimum Gasteiger partial charge on any atom is -0.496 e. The van der Waals surface area contributed by atoms with E-state index < -0.39 is 0 Å². The van der Waals surface area contributed by atoms with Crippen LogP contribution in [-0.2, 0) is 19.4 Å². The van der Waals surface area contributed by atoms with Crippen molar-refractivity contribution in [2.75, 3.05) is 26.8 Å². The summed E-state index contributed by atoms with van der Waals surface area (Å²) in [5.41, 5.74) is 2.31. The maximum absolute atomic E-state index is 5.82. The van der Waals surface area contributed by atoms with Gasteiger partial charge in [-0.15, -0.1) is 10.2 Å². The largest absolute Gasteiger partial charge is 0.496 e. The highest BCUT2D eigenvalue weighted by Gasteiger charge is 2.22. The van der Waals surface area contributed by atoms with Crippen LogP contribution in [0.15, 0.2) is 59.9 Å². The predicted octanol–water partition coefficient (Wildman–Crippen LogP) is 3.15. The Morgan fingerprint density at radius 2 is 2.06 bits per heavy atom. The highest BCUT2D eigenvalue weighted by molar-refractivity contribution is 5.80. The number of para-hydroxylation sites is 2. The van der Waals surface area contributed by atoms with Gasteiger partial charge in [0.15, 0.2) is 5.96 Å².